The smallest absolute Gasteiger partial charge is 0.274 e. The van der Waals surface area contributed by atoms with E-state index in [2.05, 4.69) is 4.99 Å². The molecule has 11 heteroatoms. The standard InChI is InChI=1S/C16H19ClN2O6S2/c1-23-6-15(20)18-16-19(11-7-27(21,22)8-14(11)26-16)10-4-9(17)12(24-2)5-13(10)25-3/h4-5,11,14H,6-8H2,1-3H3/t11-,14-/m1/s1. The van der Waals surface area contributed by atoms with Gasteiger partial charge in [-0.1, -0.05) is 23.4 Å². The minimum atomic E-state index is -3.18. The molecule has 1 amide bonds. The van der Waals surface area contributed by atoms with Gasteiger partial charge in [0.1, 0.15) is 18.1 Å². The van der Waals surface area contributed by atoms with Crippen LogP contribution < -0.4 is 14.4 Å². The number of carbonyl (C=O) groups is 1. The molecule has 27 heavy (non-hydrogen) atoms. The molecule has 2 atom stereocenters. The van der Waals surface area contributed by atoms with E-state index in [-0.39, 0.29) is 29.4 Å². The summed E-state index contributed by atoms with van der Waals surface area (Å²) >= 11 is 7.55. The summed E-state index contributed by atoms with van der Waals surface area (Å²) in [6.45, 7) is -0.161. The van der Waals surface area contributed by atoms with Gasteiger partial charge in [-0.25, -0.2) is 8.42 Å². The van der Waals surface area contributed by atoms with Crippen LogP contribution in [-0.4, -0.2) is 70.2 Å². The van der Waals surface area contributed by atoms with Gasteiger partial charge in [0.15, 0.2) is 15.0 Å². The first-order valence-corrected chi connectivity index (χ1v) is 11.1. The largest absolute Gasteiger partial charge is 0.495 e. The third-order valence-corrected chi connectivity index (χ3v) is 7.77. The number of ether oxygens (including phenoxy) is 3. The molecule has 0 unspecified atom stereocenters. The second kappa shape index (κ2) is 7.86. The molecule has 0 N–H and O–H groups in total. The van der Waals surface area contributed by atoms with Crippen LogP contribution in [0.4, 0.5) is 5.69 Å². The molecule has 2 fully saturated rings. The monoisotopic (exact) mass is 434 g/mol. The number of rotatable bonds is 5. The molecule has 0 aromatic heterocycles. The maximum absolute atomic E-state index is 12.1. The number of hydrogen-bond acceptors (Lipinski definition) is 7. The molecule has 2 aliphatic rings. The Bertz CT molecular complexity index is 889. The highest BCUT2D eigenvalue weighted by Gasteiger charge is 2.50. The van der Waals surface area contributed by atoms with Crippen LogP contribution in [0.1, 0.15) is 0 Å². The van der Waals surface area contributed by atoms with E-state index in [1.165, 1.54) is 33.1 Å². The second-order valence-corrected chi connectivity index (χ2v) is 9.82. The molecule has 148 valence electrons. The molecule has 0 saturated carbocycles. The number of amides is 1. The van der Waals surface area contributed by atoms with Crippen molar-refractivity contribution in [1.29, 1.82) is 0 Å². The summed E-state index contributed by atoms with van der Waals surface area (Å²) in [6, 6.07) is 2.88. The number of nitrogens with zero attached hydrogens (tertiary/aromatic N) is 2. The maximum atomic E-state index is 12.1. The van der Waals surface area contributed by atoms with Gasteiger partial charge < -0.3 is 19.1 Å². The van der Waals surface area contributed by atoms with Gasteiger partial charge in [-0.15, -0.1) is 0 Å². The van der Waals surface area contributed by atoms with Crippen molar-refractivity contribution in [3.05, 3.63) is 17.2 Å². The van der Waals surface area contributed by atoms with Crippen LogP contribution in [-0.2, 0) is 19.4 Å². The molecule has 2 heterocycles. The van der Waals surface area contributed by atoms with Crippen LogP contribution in [0.3, 0.4) is 0 Å². The van der Waals surface area contributed by atoms with E-state index in [1.807, 2.05) is 0 Å². The van der Waals surface area contributed by atoms with Gasteiger partial charge in [0.05, 0.1) is 42.5 Å². The zero-order valence-corrected chi connectivity index (χ0v) is 17.4. The molecular formula is C16H19ClN2O6S2. The van der Waals surface area contributed by atoms with Crippen molar-refractivity contribution in [2.24, 2.45) is 4.99 Å². The fourth-order valence-electron chi connectivity index (χ4n) is 3.14. The highest BCUT2D eigenvalue weighted by atomic mass is 35.5. The summed E-state index contributed by atoms with van der Waals surface area (Å²) in [5, 5.41) is 0.515. The van der Waals surface area contributed by atoms with Crippen LogP contribution in [0.25, 0.3) is 0 Å². The average Bonchev–Trinajstić information content (AvgIpc) is 3.05. The number of methoxy groups -OCH3 is 3. The van der Waals surface area contributed by atoms with Crippen molar-refractivity contribution in [1.82, 2.24) is 0 Å². The van der Waals surface area contributed by atoms with Crippen LogP contribution in [0, 0.1) is 0 Å². The van der Waals surface area contributed by atoms with Crippen molar-refractivity contribution < 1.29 is 27.4 Å². The number of sulfone groups is 1. The molecule has 2 saturated heterocycles. The molecular weight excluding hydrogens is 416 g/mol. The normalized spacial score (nSPS) is 24.9. The van der Waals surface area contributed by atoms with Gasteiger partial charge in [-0.3, -0.25) is 4.79 Å². The lowest BCUT2D eigenvalue weighted by atomic mass is 10.2. The highest BCUT2D eigenvalue weighted by molar-refractivity contribution is 8.16. The van der Waals surface area contributed by atoms with Gasteiger partial charge in [0, 0.05) is 18.4 Å². The van der Waals surface area contributed by atoms with E-state index >= 15 is 0 Å². The average molecular weight is 435 g/mol. The Morgan fingerprint density at radius 3 is 2.59 bits per heavy atom. The first kappa shape index (κ1) is 20.2. The summed E-state index contributed by atoms with van der Waals surface area (Å²) < 4.78 is 39.8. The number of benzene rings is 1. The van der Waals surface area contributed by atoms with E-state index in [4.69, 9.17) is 25.8 Å². The Labute approximate surface area is 166 Å². The van der Waals surface area contributed by atoms with Crippen molar-refractivity contribution >= 4 is 50.0 Å². The van der Waals surface area contributed by atoms with E-state index < -0.39 is 15.7 Å². The lowest BCUT2D eigenvalue weighted by molar-refractivity contribution is -0.121. The third-order valence-electron chi connectivity index (χ3n) is 4.27. The molecule has 0 bridgehead atoms. The summed E-state index contributed by atoms with van der Waals surface area (Å²) in [6.07, 6.45) is 0. The molecule has 2 aliphatic heterocycles. The Balaban J connectivity index is 2.10. The van der Waals surface area contributed by atoms with Gasteiger partial charge in [-0.05, 0) is 6.07 Å². The van der Waals surface area contributed by atoms with Crippen molar-refractivity contribution in [2.75, 3.05) is 44.3 Å². The van der Waals surface area contributed by atoms with Crippen LogP contribution in [0.15, 0.2) is 17.1 Å². The van der Waals surface area contributed by atoms with E-state index in [9.17, 15) is 13.2 Å². The number of carbonyl (C=O) groups excluding carboxylic acids is 1. The van der Waals surface area contributed by atoms with Crippen molar-refractivity contribution in [3.8, 4) is 11.5 Å². The summed E-state index contributed by atoms with van der Waals surface area (Å²) in [4.78, 5) is 17.8. The second-order valence-electron chi connectivity index (χ2n) is 6.05. The Morgan fingerprint density at radius 2 is 1.96 bits per heavy atom. The molecule has 1 aromatic carbocycles. The van der Waals surface area contributed by atoms with Gasteiger partial charge in [-0.2, -0.15) is 4.99 Å². The van der Waals surface area contributed by atoms with Crippen LogP contribution in [0.5, 0.6) is 11.5 Å². The van der Waals surface area contributed by atoms with E-state index in [0.29, 0.717) is 27.4 Å². The zero-order chi connectivity index (χ0) is 19.8. The lowest BCUT2D eigenvalue weighted by Gasteiger charge is -2.26. The lowest BCUT2D eigenvalue weighted by Crippen LogP contribution is -2.38. The first-order valence-electron chi connectivity index (χ1n) is 7.98. The summed E-state index contributed by atoms with van der Waals surface area (Å²) in [5.74, 6) is 0.408. The molecule has 0 spiro atoms. The number of aliphatic imine (C=N–C) groups is 1. The molecule has 1 aromatic rings. The third kappa shape index (κ3) is 4.03. The fourth-order valence-corrected chi connectivity index (χ4v) is 7.30. The van der Waals surface area contributed by atoms with Crippen LogP contribution >= 0.6 is 23.4 Å². The van der Waals surface area contributed by atoms with E-state index in [0.717, 1.165) is 0 Å². The predicted octanol–water partition coefficient (Wildman–Crippen LogP) is 1.60. The minimum Gasteiger partial charge on any atom is -0.495 e. The first-order chi connectivity index (χ1) is 12.8. The van der Waals surface area contributed by atoms with Gasteiger partial charge in [0.25, 0.3) is 5.91 Å². The topological polar surface area (TPSA) is 94.5 Å². The number of hydrogen-bond donors (Lipinski definition) is 0. The Morgan fingerprint density at radius 1 is 1.26 bits per heavy atom. The minimum absolute atomic E-state index is 0.0303. The van der Waals surface area contributed by atoms with Crippen molar-refractivity contribution in [2.45, 2.75) is 11.3 Å². The van der Waals surface area contributed by atoms with Gasteiger partial charge >= 0.3 is 0 Å². The summed E-state index contributed by atoms with van der Waals surface area (Å²) in [5.41, 5.74) is 0.532. The SMILES string of the molecule is COCC(=O)N=C1S[C@@H]2CS(=O)(=O)C[C@H]2N1c1cc(Cl)c(OC)cc1OC. The van der Waals surface area contributed by atoms with E-state index in [1.54, 1.807) is 17.0 Å². The predicted molar refractivity (Wildman–Crippen MR) is 105 cm³/mol. The number of thioether (sulfide) groups is 1. The van der Waals surface area contributed by atoms with Gasteiger partial charge in [0.2, 0.25) is 0 Å². The summed E-state index contributed by atoms with van der Waals surface area (Å²) in [7, 11) is 1.21. The quantitative estimate of drug-likeness (QED) is 0.689. The number of halogens is 1. The Kier molecular flexibility index (Phi) is 5.90. The number of amidine groups is 1. The highest BCUT2D eigenvalue weighted by Crippen LogP contribution is 2.46. The molecule has 0 radical (unpaired) electrons. The molecule has 0 aliphatic carbocycles. The maximum Gasteiger partial charge on any atom is 0.274 e. The number of anilines is 1. The van der Waals surface area contributed by atoms with Crippen LogP contribution in [0.2, 0.25) is 5.02 Å². The molecule has 3 rings (SSSR count). The Hall–Kier alpha value is -1.49. The molecule has 8 nitrogen and oxygen atoms in total. The number of fused-ring (bicyclic) bond motifs is 1. The fraction of sp³-hybridized carbons (Fsp3) is 0.500. The van der Waals surface area contributed by atoms with Crippen molar-refractivity contribution in [3.63, 3.8) is 0 Å². The zero-order valence-electron chi connectivity index (χ0n) is 15.0.